The van der Waals surface area contributed by atoms with Gasteiger partial charge in [-0.25, -0.2) is 18.4 Å². The topological polar surface area (TPSA) is 85.5 Å². The van der Waals surface area contributed by atoms with Crippen LogP contribution in [0.25, 0.3) is 0 Å². The van der Waals surface area contributed by atoms with Crippen LogP contribution in [0.2, 0.25) is 0 Å². The number of ether oxygens (including phenoxy) is 2. The first-order valence-corrected chi connectivity index (χ1v) is 5.97. The predicted octanol–water partition coefficient (Wildman–Crippen LogP) is 2.29. The average Bonchev–Trinajstić information content (AvgIpc) is 2.44. The third-order valence-corrected chi connectivity index (χ3v) is 2.60. The predicted molar refractivity (Wildman–Crippen MR) is 64.3 cm³/mol. The third-order valence-electron chi connectivity index (χ3n) is 2.60. The number of alkyl halides is 5. The van der Waals surface area contributed by atoms with Crippen molar-refractivity contribution in [1.82, 2.24) is 4.98 Å². The van der Waals surface area contributed by atoms with Gasteiger partial charge >= 0.3 is 18.1 Å². The Kier molecular flexibility index (Phi) is 5.46. The van der Waals surface area contributed by atoms with Crippen molar-refractivity contribution in [1.29, 1.82) is 0 Å². The number of carbonyl (C=O) groups is 2. The number of nitrogens with one attached hydrogen (secondary N) is 1. The number of hydrogen-bond donors (Lipinski definition) is 1. The van der Waals surface area contributed by atoms with Crippen molar-refractivity contribution >= 4 is 11.9 Å². The highest BCUT2D eigenvalue weighted by atomic mass is 19.4. The fourth-order valence-corrected chi connectivity index (χ4v) is 1.70. The van der Waals surface area contributed by atoms with Gasteiger partial charge in [0.2, 0.25) is 5.43 Å². The number of halogens is 5. The van der Waals surface area contributed by atoms with E-state index in [1.165, 1.54) is 11.9 Å². The van der Waals surface area contributed by atoms with Gasteiger partial charge in [0, 0.05) is 0 Å². The van der Waals surface area contributed by atoms with E-state index in [0.717, 1.165) is 7.11 Å². The SMILES string of the molecule is CCOC(=O)c1c(C(F)(F)F)[nH]c(C(F)F)c(C(=O)OC)c1=O. The zero-order valence-electron chi connectivity index (χ0n) is 11.7. The standard InChI is InChI=1S/C12H10F5NO5/c1-3-23-11(21)5-7(19)4(10(20)22-2)6(9(13)14)18-8(5)12(15,16)17/h9H,3H2,1-2H3,(H,18,19). The molecule has 1 N–H and O–H groups in total. The Bertz CT molecular complexity index is 680. The van der Waals surface area contributed by atoms with E-state index in [1.54, 1.807) is 0 Å². The number of H-pyrrole nitrogens is 1. The van der Waals surface area contributed by atoms with Crippen LogP contribution in [0.1, 0.15) is 45.5 Å². The van der Waals surface area contributed by atoms with Gasteiger partial charge in [0.15, 0.2) is 0 Å². The maximum absolute atomic E-state index is 12.9. The number of aromatic nitrogens is 1. The maximum Gasteiger partial charge on any atom is 0.432 e. The molecule has 0 unspecified atom stereocenters. The smallest absolute Gasteiger partial charge is 0.432 e. The number of rotatable bonds is 4. The summed E-state index contributed by atoms with van der Waals surface area (Å²) in [5.41, 5.74) is -8.45. The van der Waals surface area contributed by atoms with Crippen molar-refractivity contribution in [3.8, 4) is 0 Å². The zero-order chi connectivity index (χ0) is 17.9. The molecule has 0 atom stereocenters. The van der Waals surface area contributed by atoms with Crippen molar-refractivity contribution in [3.05, 3.63) is 32.7 Å². The van der Waals surface area contributed by atoms with Crippen LogP contribution in [-0.4, -0.2) is 30.6 Å². The van der Waals surface area contributed by atoms with E-state index in [0.29, 0.717) is 0 Å². The molecule has 1 heterocycles. The number of hydrogen-bond acceptors (Lipinski definition) is 5. The summed E-state index contributed by atoms with van der Waals surface area (Å²) in [4.78, 5) is 36.3. The van der Waals surface area contributed by atoms with Gasteiger partial charge in [-0.2, -0.15) is 13.2 Å². The number of pyridine rings is 1. The van der Waals surface area contributed by atoms with Crippen molar-refractivity contribution in [2.45, 2.75) is 19.5 Å². The Morgan fingerprint density at radius 2 is 1.74 bits per heavy atom. The van der Waals surface area contributed by atoms with Crippen LogP contribution in [0.3, 0.4) is 0 Å². The number of carbonyl (C=O) groups excluding carboxylic acids is 2. The molecule has 11 heteroatoms. The molecular formula is C12H10F5NO5. The minimum Gasteiger partial charge on any atom is -0.465 e. The van der Waals surface area contributed by atoms with Gasteiger partial charge in [0.05, 0.1) is 13.7 Å². The van der Waals surface area contributed by atoms with E-state index < -0.39 is 52.5 Å². The molecule has 0 spiro atoms. The average molecular weight is 343 g/mol. The van der Waals surface area contributed by atoms with E-state index in [1.807, 2.05) is 0 Å². The van der Waals surface area contributed by atoms with Crippen molar-refractivity contribution in [2.24, 2.45) is 0 Å². The van der Waals surface area contributed by atoms with Gasteiger partial charge in [0.1, 0.15) is 22.5 Å². The second-order valence-electron chi connectivity index (χ2n) is 4.00. The number of methoxy groups -OCH3 is 1. The van der Waals surface area contributed by atoms with Gasteiger partial charge in [-0.05, 0) is 6.92 Å². The molecule has 0 aliphatic rings. The van der Waals surface area contributed by atoms with Gasteiger partial charge in [-0.3, -0.25) is 4.79 Å². The Balaban J connectivity index is 3.89. The summed E-state index contributed by atoms with van der Waals surface area (Å²) >= 11 is 0. The molecule has 0 aliphatic carbocycles. The molecule has 0 saturated carbocycles. The Labute approximate surface area is 125 Å². The number of esters is 2. The lowest BCUT2D eigenvalue weighted by atomic mass is 10.1. The summed E-state index contributed by atoms with van der Waals surface area (Å²) in [6.07, 6.45) is -8.95. The second kappa shape index (κ2) is 6.75. The Morgan fingerprint density at radius 1 is 1.17 bits per heavy atom. The summed E-state index contributed by atoms with van der Waals surface area (Å²) in [6, 6.07) is 0. The lowest BCUT2D eigenvalue weighted by Crippen LogP contribution is -2.32. The van der Waals surface area contributed by atoms with Crippen molar-refractivity contribution in [2.75, 3.05) is 13.7 Å². The molecular weight excluding hydrogens is 333 g/mol. The lowest BCUT2D eigenvalue weighted by Gasteiger charge is -2.15. The maximum atomic E-state index is 12.9. The zero-order valence-corrected chi connectivity index (χ0v) is 11.7. The highest BCUT2D eigenvalue weighted by Gasteiger charge is 2.42. The minimum absolute atomic E-state index is 0.375. The first-order valence-electron chi connectivity index (χ1n) is 5.97. The van der Waals surface area contributed by atoms with Crippen LogP contribution in [0.15, 0.2) is 4.79 Å². The van der Waals surface area contributed by atoms with Crippen LogP contribution < -0.4 is 5.43 Å². The van der Waals surface area contributed by atoms with Gasteiger partial charge < -0.3 is 14.5 Å². The van der Waals surface area contributed by atoms with Crippen LogP contribution in [0, 0.1) is 0 Å². The summed E-state index contributed by atoms with van der Waals surface area (Å²) in [5, 5.41) is 0. The van der Waals surface area contributed by atoms with E-state index in [-0.39, 0.29) is 6.61 Å². The Hall–Kier alpha value is -2.46. The highest BCUT2D eigenvalue weighted by molar-refractivity contribution is 5.96. The first-order chi connectivity index (χ1) is 10.6. The number of aromatic amines is 1. The van der Waals surface area contributed by atoms with E-state index in [4.69, 9.17) is 0 Å². The van der Waals surface area contributed by atoms with Gasteiger partial charge in [0.25, 0.3) is 6.43 Å². The summed E-state index contributed by atoms with van der Waals surface area (Å²) in [6.45, 7) is 0.883. The molecule has 1 aromatic rings. The Morgan fingerprint density at radius 3 is 2.13 bits per heavy atom. The normalized spacial score (nSPS) is 11.5. The summed E-state index contributed by atoms with van der Waals surface area (Å²) < 4.78 is 73.0. The summed E-state index contributed by atoms with van der Waals surface area (Å²) in [7, 11) is 0.735. The minimum atomic E-state index is -5.33. The largest absolute Gasteiger partial charge is 0.465 e. The van der Waals surface area contributed by atoms with Crippen LogP contribution in [0.5, 0.6) is 0 Å². The third kappa shape index (κ3) is 3.66. The second-order valence-corrected chi connectivity index (χ2v) is 4.00. The molecule has 1 rings (SSSR count). The van der Waals surface area contributed by atoms with Crippen molar-refractivity contribution < 1.29 is 41.0 Å². The first kappa shape index (κ1) is 18.6. The molecule has 0 amide bonds. The van der Waals surface area contributed by atoms with E-state index >= 15 is 0 Å². The monoisotopic (exact) mass is 343 g/mol. The molecule has 0 saturated heterocycles. The quantitative estimate of drug-likeness (QED) is 0.670. The molecule has 128 valence electrons. The van der Waals surface area contributed by atoms with Gasteiger partial charge in [-0.15, -0.1) is 0 Å². The molecule has 0 aromatic carbocycles. The van der Waals surface area contributed by atoms with Crippen LogP contribution >= 0.6 is 0 Å². The molecule has 0 aliphatic heterocycles. The lowest BCUT2D eigenvalue weighted by molar-refractivity contribution is -0.142. The molecule has 0 fully saturated rings. The highest BCUT2D eigenvalue weighted by Crippen LogP contribution is 2.32. The molecule has 23 heavy (non-hydrogen) atoms. The molecule has 6 nitrogen and oxygen atoms in total. The van der Waals surface area contributed by atoms with Crippen molar-refractivity contribution in [3.63, 3.8) is 0 Å². The van der Waals surface area contributed by atoms with Crippen LogP contribution in [-0.2, 0) is 15.7 Å². The summed E-state index contributed by atoms with van der Waals surface area (Å²) in [5.74, 6) is -3.31. The van der Waals surface area contributed by atoms with Gasteiger partial charge in [-0.1, -0.05) is 0 Å². The molecule has 0 radical (unpaired) electrons. The van der Waals surface area contributed by atoms with E-state index in [9.17, 15) is 36.3 Å². The van der Waals surface area contributed by atoms with E-state index in [2.05, 4.69) is 9.47 Å². The van der Waals surface area contributed by atoms with Crippen LogP contribution in [0.4, 0.5) is 22.0 Å². The fraction of sp³-hybridized carbons (Fsp3) is 0.417. The molecule has 0 bridgehead atoms. The molecule has 1 aromatic heterocycles. The fourth-order valence-electron chi connectivity index (χ4n) is 1.70.